The number of aryl methyl sites for hydroxylation is 1. The fourth-order valence-corrected chi connectivity index (χ4v) is 2.25. The summed E-state index contributed by atoms with van der Waals surface area (Å²) in [5, 5.41) is 4.20. The van der Waals surface area contributed by atoms with E-state index >= 15 is 0 Å². The van der Waals surface area contributed by atoms with Gasteiger partial charge in [0, 0.05) is 11.7 Å². The Labute approximate surface area is 117 Å². The molecule has 2 aromatic rings. The maximum Gasteiger partial charge on any atom is 0.152 e. The molecule has 2 rings (SSSR count). The summed E-state index contributed by atoms with van der Waals surface area (Å²) < 4.78 is 29.8. The molecule has 5 heteroatoms. The Morgan fingerprint density at radius 3 is 2.15 bits per heavy atom. The van der Waals surface area contributed by atoms with Crippen LogP contribution in [0.4, 0.5) is 8.78 Å². The highest BCUT2D eigenvalue weighted by molar-refractivity contribution is 5.41. The highest BCUT2D eigenvalue weighted by Crippen LogP contribution is 2.23. The highest BCUT2D eigenvalue weighted by Gasteiger charge is 2.18. The van der Waals surface area contributed by atoms with E-state index in [9.17, 15) is 8.78 Å². The van der Waals surface area contributed by atoms with Crippen LogP contribution in [0, 0.1) is 32.4 Å². The van der Waals surface area contributed by atoms with Crippen LogP contribution < -0.4 is 5.73 Å². The molecule has 1 heterocycles. The van der Waals surface area contributed by atoms with Gasteiger partial charge in [-0.15, -0.1) is 0 Å². The zero-order chi connectivity index (χ0) is 15.0. The molecule has 0 aliphatic rings. The fraction of sp³-hybridized carbons (Fsp3) is 0.400. The molecule has 1 atom stereocenters. The van der Waals surface area contributed by atoms with E-state index in [1.807, 2.05) is 13.8 Å². The lowest BCUT2D eigenvalue weighted by atomic mass is 10.1. The van der Waals surface area contributed by atoms with Crippen molar-refractivity contribution in [3.8, 4) is 5.69 Å². The summed E-state index contributed by atoms with van der Waals surface area (Å²) in [7, 11) is 0. The molecule has 0 amide bonds. The van der Waals surface area contributed by atoms with E-state index < -0.39 is 11.6 Å². The standard InChI is InChI=1S/C15H19F2N3/c1-8(18)5-12-6-13(16)15(14(17)7-12)20-11(4)9(2)10(3)19-20/h6-8H,5,18H2,1-4H3. The Balaban J connectivity index is 2.55. The van der Waals surface area contributed by atoms with Crippen molar-refractivity contribution in [2.75, 3.05) is 0 Å². The molecule has 0 saturated heterocycles. The SMILES string of the molecule is Cc1nn(-c2c(F)cc(CC(C)N)cc2F)c(C)c1C. The summed E-state index contributed by atoms with van der Waals surface area (Å²) in [6, 6.07) is 2.51. The molecule has 0 fully saturated rings. The van der Waals surface area contributed by atoms with Crippen molar-refractivity contribution in [1.82, 2.24) is 9.78 Å². The van der Waals surface area contributed by atoms with Gasteiger partial charge in [-0.05, 0) is 57.4 Å². The molecule has 0 saturated carbocycles. The number of hydrogen-bond donors (Lipinski definition) is 1. The molecule has 108 valence electrons. The summed E-state index contributed by atoms with van der Waals surface area (Å²) in [5.74, 6) is -1.24. The number of nitrogens with zero attached hydrogens (tertiary/aromatic N) is 2. The zero-order valence-corrected chi connectivity index (χ0v) is 12.2. The molecular formula is C15H19F2N3. The number of aromatic nitrogens is 2. The van der Waals surface area contributed by atoms with Crippen molar-refractivity contribution >= 4 is 0 Å². The molecule has 20 heavy (non-hydrogen) atoms. The average molecular weight is 279 g/mol. The molecule has 0 bridgehead atoms. The molecule has 0 aliphatic carbocycles. The first-order chi connectivity index (χ1) is 9.31. The van der Waals surface area contributed by atoms with Gasteiger partial charge in [0.15, 0.2) is 11.6 Å². The van der Waals surface area contributed by atoms with Crippen molar-refractivity contribution in [3.63, 3.8) is 0 Å². The first-order valence-electron chi connectivity index (χ1n) is 6.58. The Hall–Kier alpha value is -1.75. The second-order valence-corrected chi connectivity index (χ2v) is 5.30. The summed E-state index contributed by atoms with van der Waals surface area (Å²) in [4.78, 5) is 0. The van der Waals surface area contributed by atoms with E-state index in [-0.39, 0.29) is 11.7 Å². The van der Waals surface area contributed by atoms with Crippen molar-refractivity contribution in [3.05, 3.63) is 46.3 Å². The Kier molecular flexibility index (Phi) is 3.90. The first kappa shape index (κ1) is 14.7. The van der Waals surface area contributed by atoms with Gasteiger partial charge in [-0.1, -0.05) is 0 Å². The van der Waals surface area contributed by atoms with Crippen molar-refractivity contribution in [2.24, 2.45) is 5.73 Å². The van der Waals surface area contributed by atoms with E-state index in [4.69, 9.17) is 5.73 Å². The number of rotatable bonds is 3. The first-order valence-corrected chi connectivity index (χ1v) is 6.58. The fourth-order valence-electron chi connectivity index (χ4n) is 2.25. The van der Waals surface area contributed by atoms with Crippen LogP contribution in [0.15, 0.2) is 12.1 Å². The lowest BCUT2D eigenvalue weighted by Crippen LogP contribution is -2.18. The zero-order valence-electron chi connectivity index (χ0n) is 12.2. The van der Waals surface area contributed by atoms with E-state index in [1.54, 1.807) is 13.8 Å². The average Bonchev–Trinajstić information content (AvgIpc) is 2.56. The number of halogens is 2. The highest BCUT2D eigenvalue weighted by atomic mass is 19.1. The van der Waals surface area contributed by atoms with Gasteiger partial charge in [0.1, 0.15) is 5.69 Å². The van der Waals surface area contributed by atoms with Gasteiger partial charge in [0.25, 0.3) is 0 Å². The summed E-state index contributed by atoms with van der Waals surface area (Å²) >= 11 is 0. The largest absolute Gasteiger partial charge is 0.328 e. The Morgan fingerprint density at radius 2 is 1.75 bits per heavy atom. The maximum absolute atomic E-state index is 14.2. The quantitative estimate of drug-likeness (QED) is 0.938. The summed E-state index contributed by atoms with van der Waals surface area (Å²) in [6.07, 6.45) is 0.435. The predicted molar refractivity (Wildman–Crippen MR) is 75.0 cm³/mol. The third kappa shape index (κ3) is 2.58. The van der Waals surface area contributed by atoms with Gasteiger partial charge in [-0.25, -0.2) is 13.5 Å². The molecule has 2 N–H and O–H groups in total. The van der Waals surface area contributed by atoms with E-state index in [2.05, 4.69) is 5.10 Å². The van der Waals surface area contributed by atoms with Crippen LogP contribution in [0.2, 0.25) is 0 Å². The van der Waals surface area contributed by atoms with Crippen molar-refractivity contribution in [1.29, 1.82) is 0 Å². The summed E-state index contributed by atoms with van der Waals surface area (Å²) in [6.45, 7) is 7.30. The molecule has 0 aliphatic heterocycles. The van der Waals surface area contributed by atoms with Gasteiger partial charge in [-0.3, -0.25) is 0 Å². The van der Waals surface area contributed by atoms with Gasteiger partial charge in [0.2, 0.25) is 0 Å². The molecule has 1 unspecified atom stereocenters. The van der Waals surface area contributed by atoms with Gasteiger partial charge in [-0.2, -0.15) is 5.10 Å². The Bertz CT molecular complexity index is 622. The molecule has 1 aromatic carbocycles. The second kappa shape index (κ2) is 5.32. The molecule has 1 aromatic heterocycles. The van der Waals surface area contributed by atoms with Crippen LogP contribution in [0.5, 0.6) is 0 Å². The monoisotopic (exact) mass is 279 g/mol. The molecular weight excluding hydrogens is 260 g/mol. The minimum atomic E-state index is -0.619. The number of nitrogens with two attached hydrogens (primary N) is 1. The van der Waals surface area contributed by atoms with Crippen molar-refractivity contribution < 1.29 is 8.78 Å². The van der Waals surface area contributed by atoms with E-state index in [0.717, 1.165) is 17.0 Å². The van der Waals surface area contributed by atoms with Gasteiger partial charge < -0.3 is 5.73 Å². The normalized spacial score (nSPS) is 12.8. The van der Waals surface area contributed by atoms with Crippen LogP contribution >= 0.6 is 0 Å². The molecule has 3 nitrogen and oxygen atoms in total. The molecule has 0 radical (unpaired) electrons. The van der Waals surface area contributed by atoms with Crippen LogP contribution in [-0.2, 0) is 6.42 Å². The number of benzene rings is 1. The van der Waals surface area contributed by atoms with Gasteiger partial charge >= 0.3 is 0 Å². The predicted octanol–water partition coefficient (Wildman–Crippen LogP) is 2.97. The molecule has 0 spiro atoms. The van der Waals surface area contributed by atoms with Crippen LogP contribution in [-0.4, -0.2) is 15.8 Å². The van der Waals surface area contributed by atoms with Crippen LogP contribution in [0.1, 0.15) is 29.4 Å². The van der Waals surface area contributed by atoms with Crippen molar-refractivity contribution in [2.45, 2.75) is 40.2 Å². The minimum absolute atomic E-state index is 0.132. The maximum atomic E-state index is 14.2. The smallest absolute Gasteiger partial charge is 0.152 e. The van der Waals surface area contributed by atoms with Crippen LogP contribution in [0.3, 0.4) is 0 Å². The van der Waals surface area contributed by atoms with E-state index in [1.165, 1.54) is 16.8 Å². The third-order valence-corrected chi connectivity index (χ3v) is 3.50. The Morgan fingerprint density at radius 1 is 1.20 bits per heavy atom. The number of hydrogen-bond acceptors (Lipinski definition) is 2. The van der Waals surface area contributed by atoms with Gasteiger partial charge in [0.05, 0.1) is 5.69 Å². The van der Waals surface area contributed by atoms with E-state index in [0.29, 0.717) is 12.0 Å². The lowest BCUT2D eigenvalue weighted by Gasteiger charge is -2.11. The topological polar surface area (TPSA) is 43.8 Å². The lowest BCUT2D eigenvalue weighted by molar-refractivity contribution is 0.552. The second-order valence-electron chi connectivity index (χ2n) is 5.30. The minimum Gasteiger partial charge on any atom is -0.328 e. The summed E-state index contributed by atoms with van der Waals surface area (Å²) in [5.41, 5.74) is 8.51. The van der Waals surface area contributed by atoms with Crippen LogP contribution in [0.25, 0.3) is 5.69 Å². The third-order valence-electron chi connectivity index (χ3n) is 3.50.